The number of piperazine rings is 1. The molecule has 0 N–H and O–H groups in total. The van der Waals surface area contributed by atoms with Crippen molar-refractivity contribution >= 4 is 48.3 Å². The van der Waals surface area contributed by atoms with E-state index in [1.807, 2.05) is 13.8 Å². The molecule has 192 valence electrons. The highest BCUT2D eigenvalue weighted by atomic mass is 32.2. The highest BCUT2D eigenvalue weighted by Gasteiger charge is 2.26. The Morgan fingerprint density at radius 2 is 1.69 bits per heavy atom. The van der Waals surface area contributed by atoms with Gasteiger partial charge in [-0.2, -0.15) is 4.31 Å². The number of rotatable bonds is 9. The van der Waals surface area contributed by atoms with Crippen LogP contribution in [-0.4, -0.2) is 72.7 Å². The molecular formula is C24H29N5O5S2. The second kappa shape index (κ2) is 10.9. The summed E-state index contributed by atoms with van der Waals surface area (Å²) in [6.07, 6.45) is 1.47. The SMILES string of the molecule is CCCN(CCC)S(=O)(=O)c1ccc(C(=O)N2CCN(c3nc4ccc([N+](=O)[O-])cc4s3)CC2)cc1. The summed E-state index contributed by atoms with van der Waals surface area (Å²) < 4.78 is 28.2. The minimum atomic E-state index is -3.59. The van der Waals surface area contributed by atoms with Crippen LogP contribution in [-0.2, 0) is 10.0 Å². The van der Waals surface area contributed by atoms with Crippen LogP contribution in [0.2, 0.25) is 0 Å². The topological polar surface area (TPSA) is 117 Å². The molecule has 3 aromatic rings. The summed E-state index contributed by atoms with van der Waals surface area (Å²) in [5, 5.41) is 11.8. The Morgan fingerprint density at radius 1 is 1.06 bits per heavy atom. The fraction of sp³-hybridized carbons (Fsp3) is 0.417. The minimum Gasteiger partial charge on any atom is -0.345 e. The lowest BCUT2D eigenvalue weighted by atomic mass is 10.2. The fourth-order valence-corrected chi connectivity index (χ4v) is 6.88. The Labute approximate surface area is 214 Å². The molecule has 1 aliphatic rings. The first-order chi connectivity index (χ1) is 17.2. The number of hydrogen-bond acceptors (Lipinski definition) is 8. The van der Waals surface area contributed by atoms with Gasteiger partial charge in [-0.25, -0.2) is 13.4 Å². The molecule has 1 amide bonds. The molecule has 1 aromatic heterocycles. The molecule has 0 radical (unpaired) electrons. The Bertz CT molecular complexity index is 1340. The maximum Gasteiger partial charge on any atom is 0.270 e. The zero-order valence-electron chi connectivity index (χ0n) is 20.3. The van der Waals surface area contributed by atoms with E-state index in [1.165, 1.54) is 39.9 Å². The molecule has 0 bridgehead atoms. The molecule has 4 rings (SSSR count). The van der Waals surface area contributed by atoms with E-state index in [9.17, 15) is 23.3 Å². The molecule has 1 saturated heterocycles. The van der Waals surface area contributed by atoms with Crippen LogP contribution in [0.1, 0.15) is 37.0 Å². The van der Waals surface area contributed by atoms with Gasteiger partial charge in [-0.3, -0.25) is 14.9 Å². The van der Waals surface area contributed by atoms with E-state index in [0.29, 0.717) is 50.3 Å². The second-order valence-corrected chi connectivity index (χ2v) is 11.6. The summed E-state index contributed by atoms with van der Waals surface area (Å²) in [6, 6.07) is 10.8. The number of benzene rings is 2. The summed E-state index contributed by atoms with van der Waals surface area (Å²) in [6.45, 7) is 6.99. The van der Waals surface area contributed by atoms with Gasteiger partial charge in [-0.15, -0.1) is 0 Å². The lowest BCUT2D eigenvalue weighted by molar-refractivity contribution is -0.384. The number of amides is 1. The van der Waals surface area contributed by atoms with Crippen LogP contribution in [0.4, 0.5) is 10.8 Å². The van der Waals surface area contributed by atoms with E-state index in [0.717, 1.165) is 22.7 Å². The van der Waals surface area contributed by atoms with E-state index < -0.39 is 14.9 Å². The summed E-state index contributed by atoms with van der Waals surface area (Å²) in [4.78, 5) is 32.3. The quantitative estimate of drug-likeness (QED) is 0.303. The molecule has 1 fully saturated rings. The maximum absolute atomic E-state index is 13.1. The molecule has 36 heavy (non-hydrogen) atoms. The number of anilines is 1. The highest BCUT2D eigenvalue weighted by Crippen LogP contribution is 2.32. The number of carbonyl (C=O) groups excluding carboxylic acids is 1. The summed E-state index contributed by atoms with van der Waals surface area (Å²) >= 11 is 1.40. The molecule has 1 aliphatic heterocycles. The van der Waals surface area contributed by atoms with E-state index in [-0.39, 0.29) is 16.5 Å². The molecule has 0 aliphatic carbocycles. The van der Waals surface area contributed by atoms with Crippen LogP contribution < -0.4 is 4.90 Å². The Balaban J connectivity index is 1.41. The third kappa shape index (κ3) is 5.35. The van der Waals surface area contributed by atoms with Gasteiger partial charge in [-0.05, 0) is 43.2 Å². The smallest absolute Gasteiger partial charge is 0.270 e. The lowest BCUT2D eigenvalue weighted by Gasteiger charge is -2.34. The van der Waals surface area contributed by atoms with Gasteiger partial charge in [-0.1, -0.05) is 25.2 Å². The third-order valence-electron chi connectivity index (χ3n) is 6.09. The van der Waals surface area contributed by atoms with Crippen molar-refractivity contribution in [1.82, 2.24) is 14.2 Å². The average molecular weight is 532 g/mol. The first-order valence-electron chi connectivity index (χ1n) is 11.9. The van der Waals surface area contributed by atoms with E-state index in [4.69, 9.17) is 0 Å². The van der Waals surface area contributed by atoms with Gasteiger partial charge in [0.1, 0.15) is 0 Å². The third-order valence-corrected chi connectivity index (χ3v) is 9.09. The number of nitro groups is 1. The van der Waals surface area contributed by atoms with Gasteiger partial charge in [0.25, 0.3) is 11.6 Å². The number of non-ortho nitro benzene ring substituents is 1. The second-order valence-electron chi connectivity index (χ2n) is 8.61. The number of carbonyl (C=O) groups is 1. The van der Waals surface area contributed by atoms with Crippen molar-refractivity contribution in [3.63, 3.8) is 0 Å². The molecule has 2 heterocycles. The van der Waals surface area contributed by atoms with Crippen LogP contribution in [0.3, 0.4) is 0 Å². The van der Waals surface area contributed by atoms with Crippen molar-refractivity contribution in [3.05, 3.63) is 58.1 Å². The summed E-state index contributed by atoms with van der Waals surface area (Å²) in [5.41, 5.74) is 1.20. The Hall–Kier alpha value is -3.09. The van der Waals surface area contributed by atoms with Crippen molar-refractivity contribution in [1.29, 1.82) is 0 Å². The van der Waals surface area contributed by atoms with Gasteiger partial charge in [0.15, 0.2) is 5.13 Å². The van der Waals surface area contributed by atoms with Crippen LogP contribution in [0, 0.1) is 10.1 Å². The number of hydrogen-bond donors (Lipinski definition) is 0. The van der Waals surface area contributed by atoms with E-state index in [2.05, 4.69) is 9.88 Å². The molecule has 0 unspecified atom stereocenters. The molecule has 12 heteroatoms. The van der Waals surface area contributed by atoms with Crippen molar-refractivity contribution in [2.45, 2.75) is 31.6 Å². The number of thiazole rings is 1. The first kappa shape index (κ1) is 26.0. The van der Waals surface area contributed by atoms with Gasteiger partial charge in [0.2, 0.25) is 10.0 Å². The van der Waals surface area contributed by atoms with E-state index in [1.54, 1.807) is 23.1 Å². The largest absolute Gasteiger partial charge is 0.345 e. The summed E-state index contributed by atoms with van der Waals surface area (Å²) in [5.74, 6) is -0.141. The standard InChI is InChI=1S/C24H29N5O5S2/c1-3-11-28(12-4-2)36(33,34)20-8-5-18(6-9-20)23(30)26-13-15-27(16-14-26)24-25-21-10-7-19(29(31)32)17-22(21)35-24/h5-10,17H,3-4,11-16H2,1-2H3. The number of nitrogens with zero attached hydrogens (tertiary/aromatic N) is 5. The predicted molar refractivity (Wildman–Crippen MR) is 140 cm³/mol. The van der Waals surface area contributed by atoms with Crippen molar-refractivity contribution in [3.8, 4) is 0 Å². The predicted octanol–water partition coefficient (Wildman–Crippen LogP) is 3.98. The van der Waals surface area contributed by atoms with Crippen LogP contribution in [0.5, 0.6) is 0 Å². The van der Waals surface area contributed by atoms with Gasteiger partial charge in [0.05, 0.1) is 20.0 Å². The van der Waals surface area contributed by atoms with Gasteiger partial charge in [0, 0.05) is 57.0 Å². The molecule has 2 aromatic carbocycles. The molecule has 0 spiro atoms. The first-order valence-corrected chi connectivity index (χ1v) is 14.2. The average Bonchev–Trinajstić information content (AvgIpc) is 3.32. The summed E-state index contributed by atoms with van der Waals surface area (Å²) in [7, 11) is -3.59. The van der Waals surface area contributed by atoms with Crippen LogP contribution in [0.25, 0.3) is 10.2 Å². The molecule has 10 nitrogen and oxygen atoms in total. The zero-order chi connectivity index (χ0) is 25.9. The Kier molecular flexibility index (Phi) is 7.86. The number of fused-ring (bicyclic) bond motifs is 1. The molecule has 0 atom stereocenters. The highest BCUT2D eigenvalue weighted by molar-refractivity contribution is 7.89. The number of nitro benzene ring substituents is 1. The van der Waals surface area contributed by atoms with Crippen LogP contribution >= 0.6 is 11.3 Å². The molecular weight excluding hydrogens is 502 g/mol. The Morgan fingerprint density at radius 3 is 2.28 bits per heavy atom. The zero-order valence-corrected chi connectivity index (χ0v) is 21.9. The van der Waals surface area contributed by atoms with Crippen LogP contribution in [0.15, 0.2) is 47.4 Å². The van der Waals surface area contributed by atoms with Crippen molar-refractivity contribution in [2.24, 2.45) is 0 Å². The van der Waals surface area contributed by atoms with Crippen molar-refractivity contribution in [2.75, 3.05) is 44.2 Å². The number of sulfonamides is 1. The van der Waals surface area contributed by atoms with E-state index >= 15 is 0 Å². The molecule has 0 saturated carbocycles. The minimum absolute atomic E-state index is 0.0374. The normalized spacial score (nSPS) is 14.5. The maximum atomic E-state index is 13.1. The van der Waals surface area contributed by atoms with Gasteiger partial charge < -0.3 is 9.80 Å². The van der Waals surface area contributed by atoms with Crippen molar-refractivity contribution < 1.29 is 18.1 Å². The van der Waals surface area contributed by atoms with Gasteiger partial charge >= 0.3 is 0 Å². The number of aromatic nitrogens is 1. The monoisotopic (exact) mass is 531 g/mol. The fourth-order valence-electron chi connectivity index (χ4n) is 4.20. The lowest BCUT2D eigenvalue weighted by Crippen LogP contribution is -2.48.